The highest BCUT2D eigenvalue weighted by Crippen LogP contribution is 2.44. The maximum absolute atomic E-state index is 9.95. The van der Waals surface area contributed by atoms with Gasteiger partial charge in [-0.2, -0.15) is 0 Å². The molecule has 0 saturated carbocycles. The van der Waals surface area contributed by atoms with Crippen molar-refractivity contribution in [3.05, 3.63) is 48.0 Å². The van der Waals surface area contributed by atoms with E-state index in [2.05, 4.69) is 28.8 Å². The number of anilines is 3. The van der Waals surface area contributed by atoms with Gasteiger partial charge in [0.25, 0.3) is 0 Å². The summed E-state index contributed by atoms with van der Waals surface area (Å²) in [5.74, 6) is 0.352. The fourth-order valence-corrected chi connectivity index (χ4v) is 3.63. The van der Waals surface area contributed by atoms with Crippen molar-refractivity contribution in [1.82, 2.24) is 0 Å². The molecule has 4 heteroatoms. The summed E-state index contributed by atoms with van der Waals surface area (Å²) in [6.07, 6.45) is 0. The third-order valence-electron chi connectivity index (χ3n) is 3.43. The molecule has 0 saturated heterocycles. The molecule has 0 bridgehead atoms. The maximum atomic E-state index is 9.95. The van der Waals surface area contributed by atoms with Crippen LogP contribution in [0.1, 0.15) is 5.56 Å². The predicted octanol–water partition coefficient (Wildman–Crippen LogP) is 4.28. The van der Waals surface area contributed by atoms with Crippen molar-refractivity contribution in [2.75, 3.05) is 10.6 Å². The van der Waals surface area contributed by atoms with Crippen molar-refractivity contribution in [2.24, 2.45) is 0 Å². The van der Waals surface area contributed by atoms with E-state index in [1.54, 1.807) is 17.4 Å². The summed E-state index contributed by atoms with van der Waals surface area (Å²) in [7, 11) is 0. The van der Waals surface area contributed by atoms with E-state index in [9.17, 15) is 5.11 Å². The SMILES string of the molecule is Oc1cccc2c3c(sc12)Nc1ccccc1NC3. The van der Waals surface area contributed by atoms with Crippen LogP contribution in [0, 0.1) is 0 Å². The first kappa shape index (κ1) is 10.7. The molecule has 0 aliphatic carbocycles. The van der Waals surface area contributed by atoms with Gasteiger partial charge in [0.15, 0.2) is 0 Å². The van der Waals surface area contributed by atoms with Crippen LogP contribution in [-0.2, 0) is 6.54 Å². The molecule has 0 unspecified atom stereocenters. The second-order valence-corrected chi connectivity index (χ2v) is 5.61. The van der Waals surface area contributed by atoms with E-state index in [1.165, 1.54) is 5.56 Å². The first-order valence-electron chi connectivity index (χ1n) is 6.16. The Morgan fingerprint density at radius 1 is 1.00 bits per heavy atom. The molecule has 0 fully saturated rings. The summed E-state index contributed by atoms with van der Waals surface area (Å²) in [6, 6.07) is 13.9. The average Bonchev–Trinajstić information content (AvgIpc) is 2.67. The van der Waals surface area contributed by atoms with Gasteiger partial charge in [0.05, 0.1) is 21.1 Å². The molecule has 2 aromatic carbocycles. The van der Waals surface area contributed by atoms with Gasteiger partial charge in [-0.3, -0.25) is 0 Å². The van der Waals surface area contributed by atoms with Crippen molar-refractivity contribution in [1.29, 1.82) is 0 Å². The molecule has 94 valence electrons. The summed E-state index contributed by atoms with van der Waals surface area (Å²) >= 11 is 1.60. The Balaban J connectivity index is 1.94. The molecular formula is C15H12N2OS. The van der Waals surface area contributed by atoms with E-state index in [4.69, 9.17) is 0 Å². The number of benzene rings is 2. The number of para-hydroxylation sites is 2. The van der Waals surface area contributed by atoms with Crippen LogP contribution in [0.25, 0.3) is 10.1 Å². The zero-order valence-corrected chi connectivity index (χ0v) is 10.9. The van der Waals surface area contributed by atoms with Gasteiger partial charge in [0.1, 0.15) is 5.75 Å². The molecule has 0 radical (unpaired) electrons. The third kappa shape index (κ3) is 1.57. The highest BCUT2D eigenvalue weighted by molar-refractivity contribution is 7.23. The summed E-state index contributed by atoms with van der Waals surface area (Å²) in [6.45, 7) is 0.767. The predicted molar refractivity (Wildman–Crippen MR) is 80.5 cm³/mol. The van der Waals surface area contributed by atoms with E-state index in [0.717, 1.165) is 33.0 Å². The van der Waals surface area contributed by atoms with Crippen LogP contribution in [0.2, 0.25) is 0 Å². The minimum Gasteiger partial charge on any atom is -0.506 e. The zero-order chi connectivity index (χ0) is 12.8. The number of aromatic hydroxyl groups is 1. The molecule has 3 nitrogen and oxygen atoms in total. The summed E-state index contributed by atoms with van der Waals surface area (Å²) in [5, 5.41) is 19.1. The van der Waals surface area contributed by atoms with Crippen molar-refractivity contribution >= 4 is 37.8 Å². The Morgan fingerprint density at radius 3 is 2.74 bits per heavy atom. The number of fused-ring (bicyclic) bond motifs is 4. The normalized spacial score (nSPS) is 13.1. The monoisotopic (exact) mass is 268 g/mol. The fraction of sp³-hybridized carbons (Fsp3) is 0.0667. The quantitative estimate of drug-likeness (QED) is 0.570. The van der Waals surface area contributed by atoms with E-state index < -0.39 is 0 Å². The Hall–Kier alpha value is -2.20. The minimum absolute atomic E-state index is 0.352. The van der Waals surface area contributed by atoms with Gasteiger partial charge in [0, 0.05) is 17.5 Å². The summed E-state index contributed by atoms with van der Waals surface area (Å²) in [4.78, 5) is 0. The van der Waals surface area contributed by atoms with Crippen LogP contribution < -0.4 is 10.6 Å². The zero-order valence-electron chi connectivity index (χ0n) is 10.1. The Labute approximate surface area is 114 Å². The Morgan fingerprint density at radius 2 is 1.84 bits per heavy atom. The van der Waals surface area contributed by atoms with E-state index in [1.807, 2.05) is 18.2 Å². The molecule has 3 aromatic rings. The van der Waals surface area contributed by atoms with Crippen LogP contribution in [0.15, 0.2) is 42.5 Å². The van der Waals surface area contributed by atoms with Gasteiger partial charge in [-0.25, -0.2) is 0 Å². The van der Waals surface area contributed by atoms with Crippen molar-refractivity contribution in [2.45, 2.75) is 6.54 Å². The second-order valence-electron chi connectivity index (χ2n) is 4.59. The number of nitrogens with one attached hydrogen (secondary N) is 2. The van der Waals surface area contributed by atoms with Crippen LogP contribution in [-0.4, -0.2) is 5.11 Å². The Kier molecular flexibility index (Phi) is 2.19. The van der Waals surface area contributed by atoms with Gasteiger partial charge in [0.2, 0.25) is 0 Å². The highest BCUT2D eigenvalue weighted by Gasteiger charge is 2.18. The third-order valence-corrected chi connectivity index (χ3v) is 4.61. The number of phenolic OH excluding ortho intramolecular Hbond substituents is 1. The molecule has 2 heterocycles. The molecule has 19 heavy (non-hydrogen) atoms. The number of phenols is 1. The Bertz CT molecular complexity index is 779. The lowest BCUT2D eigenvalue weighted by Gasteiger charge is -2.07. The van der Waals surface area contributed by atoms with Crippen LogP contribution >= 0.6 is 11.3 Å². The molecular weight excluding hydrogens is 256 g/mol. The molecule has 4 rings (SSSR count). The van der Waals surface area contributed by atoms with E-state index in [0.29, 0.717) is 5.75 Å². The van der Waals surface area contributed by atoms with E-state index in [-0.39, 0.29) is 0 Å². The lowest BCUT2D eigenvalue weighted by molar-refractivity contribution is 0.482. The molecule has 1 aliphatic rings. The first-order valence-corrected chi connectivity index (χ1v) is 6.98. The molecule has 1 aromatic heterocycles. The van der Waals surface area contributed by atoms with Gasteiger partial charge in [-0.15, -0.1) is 11.3 Å². The largest absolute Gasteiger partial charge is 0.506 e. The van der Waals surface area contributed by atoms with Crippen molar-refractivity contribution in [3.63, 3.8) is 0 Å². The molecule has 1 aliphatic heterocycles. The van der Waals surface area contributed by atoms with Crippen molar-refractivity contribution in [3.8, 4) is 5.75 Å². The topological polar surface area (TPSA) is 44.3 Å². The molecule has 0 amide bonds. The standard InChI is InChI=1S/C15H12N2OS/c18-13-7-3-4-9-10-8-16-11-5-1-2-6-12(11)17-15(10)19-14(9)13/h1-7,16-18H,8H2. The van der Waals surface area contributed by atoms with Crippen LogP contribution in [0.4, 0.5) is 16.4 Å². The fourth-order valence-electron chi connectivity index (χ4n) is 2.48. The minimum atomic E-state index is 0.352. The van der Waals surface area contributed by atoms with E-state index >= 15 is 0 Å². The average molecular weight is 268 g/mol. The van der Waals surface area contributed by atoms with Crippen molar-refractivity contribution < 1.29 is 5.11 Å². The number of thiophene rings is 1. The van der Waals surface area contributed by atoms with Gasteiger partial charge in [-0.1, -0.05) is 24.3 Å². The molecule has 3 N–H and O–H groups in total. The van der Waals surface area contributed by atoms with Gasteiger partial charge < -0.3 is 15.7 Å². The van der Waals surface area contributed by atoms with Crippen LogP contribution in [0.5, 0.6) is 5.75 Å². The second kappa shape index (κ2) is 3.90. The smallest absolute Gasteiger partial charge is 0.133 e. The number of rotatable bonds is 0. The van der Waals surface area contributed by atoms with Gasteiger partial charge in [-0.05, 0) is 18.2 Å². The lowest BCUT2D eigenvalue weighted by atomic mass is 10.1. The number of hydrogen-bond acceptors (Lipinski definition) is 4. The highest BCUT2D eigenvalue weighted by atomic mass is 32.1. The van der Waals surface area contributed by atoms with Crippen LogP contribution in [0.3, 0.4) is 0 Å². The maximum Gasteiger partial charge on any atom is 0.133 e. The summed E-state index contributed by atoms with van der Waals surface area (Å²) < 4.78 is 0.946. The number of hydrogen-bond donors (Lipinski definition) is 3. The molecule has 0 atom stereocenters. The van der Waals surface area contributed by atoms with Gasteiger partial charge >= 0.3 is 0 Å². The molecule has 0 spiro atoms. The first-order chi connectivity index (χ1) is 9.33. The summed E-state index contributed by atoms with van der Waals surface area (Å²) in [5.41, 5.74) is 3.40. The lowest BCUT2D eigenvalue weighted by Crippen LogP contribution is -1.96.